The minimum absolute atomic E-state index is 0.0671. The van der Waals surface area contributed by atoms with Crippen LogP contribution in [-0.2, 0) is 20.0 Å². The molecule has 13 nitrogen and oxygen atoms in total. The summed E-state index contributed by atoms with van der Waals surface area (Å²) in [5.74, 6) is -9.21. The maximum Gasteiger partial charge on any atom is 0.339 e. The molecule has 2 aromatic carbocycles. The topological polar surface area (TPSA) is 239 Å². The fourth-order valence-electron chi connectivity index (χ4n) is 6.16. The Morgan fingerprint density at radius 1 is 0.952 bits per heavy atom. The summed E-state index contributed by atoms with van der Waals surface area (Å²) < 4.78 is 0. The first-order valence-electron chi connectivity index (χ1n) is 12.7. The number of benzene rings is 2. The van der Waals surface area contributed by atoms with Crippen LogP contribution < -0.4 is 5.73 Å². The van der Waals surface area contributed by atoms with Gasteiger partial charge in [0.25, 0.3) is 5.91 Å². The van der Waals surface area contributed by atoms with Crippen molar-refractivity contribution in [3.63, 3.8) is 0 Å². The highest BCUT2D eigenvalue weighted by atomic mass is 16.4. The van der Waals surface area contributed by atoms with Gasteiger partial charge in [0.2, 0.25) is 5.78 Å². The molecule has 3 aliphatic carbocycles. The molecule has 0 bridgehead atoms. The molecule has 5 atom stereocenters. The lowest BCUT2D eigenvalue weighted by Gasteiger charge is -2.53. The van der Waals surface area contributed by atoms with E-state index in [-0.39, 0.29) is 28.9 Å². The standard InChI is InChI=1S/C22H24N2O8.C7H6O3/c1-21(31)8-5-4-6-11(25)12(8)16(26)13-9(21)7-10-15(24(2)3)17(27)14(20(23)30)19(29)22(10,32)18(13)28;8-6-4-2-1-3-5(6)7(9)10/h4-6,9-10,15,25-26,29,31-32H,7H2,1-3H3,(H2,23,30);1-4,8H,(H,9,10)/t9-,10-,15-,21+,22-;/m0./s1. The van der Waals surface area contributed by atoms with Gasteiger partial charge in [-0.1, -0.05) is 24.3 Å². The smallest absolute Gasteiger partial charge is 0.339 e. The van der Waals surface area contributed by atoms with Crippen LogP contribution in [0, 0.1) is 11.8 Å². The van der Waals surface area contributed by atoms with E-state index in [0.717, 1.165) is 0 Å². The number of phenolic OH excluding ortho intramolecular Hbond substituents is 1. The molecule has 0 aromatic heterocycles. The largest absolute Gasteiger partial charge is 0.508 e. The van der Waals surface area contributed by atoms with E-state index < -0.39 is 80.9 Å². The predicted molar refractivity (Wildman–Crippen MR) is 145 cm³/mol. The molecule has 1 saturated carbocycles. The van der Waals surface area contributed by atoms with Crippen LogP contribution in [0.2, 0.25) is 0 Å². The van der Waals surface area contributed by atoms with Crippen LogP contribution in [0.1, 0.15) is 34.8 Å². The number of nitrogens with zero attached hydrogens (tertiary/aromatic N) is 1. The average Bonchev–Trinajstić information content (AvgIpc) is 2.89. The SMILES string of the molecule is CN(C)[C@@H]1C(=O)C(C(N)=O)=C(O)[C@@]2(O)C(=O)C3=C(O)c4c(O)cccc4[C@@](C)(O)[C@H]3C[C@@H]12.O=C(O)c1ccccc1O. The molecule has 0 unspecified atom stereocenters. The van der Waals surface area contributed by atoms with E-state index in [9.17, 15) is 44.7 Å². The lowest BCUT2D eigenvalue weighted by molar-refractivity contribution is -0.159. The van der Waals surface area contributed by atoms with E-state index in [2.05, 4.69) is 0 Å². The van der Waals surface area contributed by atoms with Crippen molar-refractivity contribution in [2.45, 2.75) is 30.6 Å². The Labute approximate surface area is 239 Å². The van der Waals surface area contributed by atoms with Crippen molar-refractivity contribution < 1.29 is 54.9 Å². The molecule has 1 fully saturated rings. The molecule has 0 aliphatic heterocycles. The molecule has 1 amide bonds. The van der Waals surface area contributed by atoms with Crippen LogP contribution in [0.3, 0.4) is 0 Å². The van der Waals surface area contributed by atoms with E-state index >= 15 is 0 Å². The summed E-state index contributed by atoms with van der Waals surface area (Å²) in [6.45, 7) is 1.40. The van der Waals surface area contributed by atoms with E-state index in [1.54, 1.807) is 12.1 Å². The maximum atomic E-state index is 13.7. The van der Waals surface area contributed by atoms with Crippen molar-refractivity contribution in [3.05, 3.63) is 76.1 Å². The minimum atomic E-state index is -2.75. The molecule has 5 rings (SSSR count). The number of aliphatic hydroxyl groups excluding tert-OH is 2. The number of carboxylic acids is 1. The average molecular weight is 583 g/mol. The molecule has 0 heterocycles. The second kappa shape index (κ2) is 10.3. The number of aromatic hydroxyl groups is 2. The van der Waals surface area contributed by atoms with Crippen LogP contribution in [0.4, 0.5) is 0 Å². The fourth-order valence-corrected chi connectivity index (χ4v) is 6.16. The number of aromatic carboxylic acids is 1. The molecular formula is C29H30N2O11. The highest BCUT2D eigenvalue weighted by Gasteiger charge is 2.66. The first-order chi connectivity index (χ1) is 19.5. The van der Waals surface area contributed by atoms with Gasteiger partial charge in [-0.25, -0.2) is 4.79 Å². The summed E-state index contributed by atoms with van der Waals surface area (Å²) in [6.07, 6.45) is -0.200. The van der Waals surface area contributed by atoms with E-state index in [4.69, 9.17) is 15.9 Å². The zero-order valence-electron chi connectivity index (χ0n) is 22.8. The third-order valence-corrected chi connectivity index (χ3v) is 8.15. The van der Waals surface area contributed by atoms with Crippen LogP contribution in [0.5, 0.6) is 11.5 Å². The molecule has 0 saturated heterocycles. The van der Waals surface area contributed by atoms with Crippen molar-refractivity contribution in [2.24, 2.45) is 17.6 Å². The number of ketones is 2. The quantitative estimate of drug-likeness (QED) is 0.234. The van der Waals surface area contributed by atoms with Gasteiger partial charge in [-0.05, 0) is 51.2 Å². The third kappa shape index (κ3) is 4.29. The van der Waals surface area contributed by atoms with Crippen molar-refractivity contribution in [1.82, 2.24) is 4.90 Å². The number of fused-ring (bicyclic) bond motifs is 3. The van der Waals surface area contributed by atoms with Crippen LogP contribution >= 0.6 is 0 Å². The highest BCUT2D eigenvalue weighted by molar-refractivity contribution is 6.24. The Morgan fingerprint density at radius 2 is 1.55 bits per heavy atom. The maximum absolute atomic E-state index is 13.7. The summed E-state index contributed by atoms with van der Waals surface area (Å²) in [4.78, 5) is 50.3. The number of nitrogens with two attached hydrogens (primary N) is 1. The highest BCUT2D eigenvalue weighted by Crippen LogP contribution is 2.57. The molecule has 0 radical (unpaired) electrons. The Bertz CT molecular complexity index is 1590. The first-order valence-corrected chi connectivity index (χ1v) is 12.7. The number of likely N-dealkylation sites (N-methyl/N-ethyl adjacent to an activating group) is 1. The summed E-state index contributed by atoms with van der Waals surface area (Å²) in [6, 6.07) is 8.83. The number of carbonyl (C=O) groups is 4. The van der Waals surface area contributed by atoms with Crippen molar-refractivity contribution in [2.75, 3.05) is 14.1 Å². The Balaban J connectivity index is 0.000000343. The Kier molecular flexibility index (Phi) is 7.40. The first kappa shape index (κ1) is 30.2. The monoisotopic (exact) mass is 582 g/mol. The number of rotatable bonds is 3. The van der Waals surface area contributed by atoms with Crippen molar-refractivity contribution in [3.8, 4) is 11.5 Å². The fraction of sp³-hybridized carbons (Fsp3) is 0.310. The van der Waals surface area contributed by atoms with E-state index in [0.29, 0.717) is 0 Å². The number of para-hydroxylation sites is 1. The summed E-state index contributed by atoms with van der Waals surface area (Å²) >= 11 is 0. The zero-order valence-corrected chi connectivity index (χ0v) is 22.8. The summed E-state index contributed by atoms with van der Waals surface area (Å²) in [5, 5.41) is 72.2. The van der Waals surface area contributed by atoms with Crippen LogP contribution in [0.25, 0.3) is 5.76 Å². The van der Waals surface area contributed by atoms with Gasteiger partial charge in [-0.2, -0.15) is 0 Å². The van der Waals surface area contributed by atoms with Crippen molar-refractivity contribution in [1.29, 1.82) is 0 Å². The summed E-state index contributed by atoms with van der Waals surface area (Å²) in [7, 11) is 3.01. The van der Waals surface area contributed by atoms with Gasteiger partial charge in [0.05, 0.1) is 17.2 Å². The number of primary amides is 1. The number of hydrogen-bond donors (Lipinski definition) is 8. The van der Waals surface area contributed by atoms with Crippen LogP contribution in [0.15, 0.2) is 59.4 Å². The third-order valence-electron chi connectivity index (χ3n) is 8.15. The van der Waals surface area contributed by atoms with Crippen molar-refractivity contribution >= 4 is 29.2 Å². The molecule has 13 heteroatoms. The van der Waals surface area contributed by atoms with Gasteiger partial charge in [0.1, 0.15) is 34.2 Å². The number of phenols is 2. The molecule has 42 heavy (non-hydrogen) atoms. The predicted octanol–water partition coefficient (Wildman–Crippen LogP) is 0.719. The van der Waals surface area contributed by atoms with E-state index in [1.165, 1.54) is 56.3 Å². The second-order valence-electron chi connectivity index (χ2n) is 10.8. The van der Waals surface area contributed by atoms with Gasteiger partial charge < -0.3 is 41.5 Å². The number of carboxylic acid groups (broad SMARTS) is 1. The number of hydrogen-bond acceptors (Lipinski definition) is 11. The Morgan fingerprint density at radius 3 is 2.07 bits per heavy atom. The van der Waals surface area contributed by atoms with Gasteiger partial charge >= 0.3 is 5.97 Å². The minimum Gasteiger partial charge on any atom is -0.508 e. The second-order valence-corrected chi connectivity index (χ2v) is 10.8. The number of amides is 1. The molecule has 222 valence electrons. The lowest BCUT2D eigenvalue weighted by atomic mass is 9.54. The van der Waals surface area contributed by atoms with Gasteiger partial charge in [0, 0.05) is 17.4 Å². The van der Waals surface area contributed by atoms with Gasteiger partial charge in [-0.3, -0.25) is 19.3 Å². The zero-order chi connectivity index (χ0) is 31.5. The number of Topliss-reactive ketones (excluding diaryl/α,β-unsaturated/α-hetero) is 2. The van der Waals surface area contributed by atoms with Gasteiger partial charge in [0.15, 0.2) is 11.4 Å². The number of aliphatic hydroxyl groups is 4. The molecular weight excluding hydrogens is 552 g/mol. The molecule has 3 aliphatic rings. The Hall–Kier alpha value is -4.72. The lowest BCUT2D eigenvalue weighted by Crippen LogP contribution is -2.67. The number of carbonyl (C=O) groups excluding carboxylic acids is 3. The van der Waals surface area contributed by atoms with Crippen LogP contribution in [-0.4, -0.2) is 89.8 Å². The normalized spacial score (nSPS) is 28.4. The summed E-state index contributed by atoms with van der Waals surface area (Å²) in [5.41, 5.74) is -0.615. The van der Waals surface area contributed by atoms with Gasteiger partial charge in [-0.15, -0.1) is 0 Å². The molecule has 9 N–H and O–H groups in total. The molecule has 0 spiro atoms. The van der Waals surface area contributed by atoms with E-state index in [1.807, 2.05) is 0 Å². The molecule has 2 aromatic rings.